The first-order valence-corrected chi connectivity index (χ1v) is 6.76. The fraction of sp³-hybridized carbons (Fsp3) is 0.429. The lowest BCUT2D eigenvalue weighted by molar-refractivity contribution is -0.384. The van der Waals surface area contributed by atoms with Crippen molar-refractivity contribution in [2.45, 2.75) is 31.7 Å². The lowest BCUT2D eigenvalue weighted by Crippen LogP contribution is -2.42. The summed E-state index contributed by atoms with van der Waals surface area (Å²) >= 11 is 0. The van der Waals surface area contributed by atoms with Crippen LogP contribution >= 0.6 is 0 Å². The number of carbonyl (C=O) groups excluding carboxylic acids is 1. The second kappa shape index (κ2) is 6.34. The lowest BCUT2D eigenvalue weighted by atomic mass is 10.1. The Morgan fingerprint density at radius 2 is 2.00 bits per heavy atom. The molecule has 0 radical (unpaired) electrons. The van der Waals surface area contributed by atoms with Crippen LogP contribution in [-0.4, -0.2) is 39.4 Å². The zero-order chi connectivity index (χ0) is 15.4. The van der Waals surface area contributed by atoms with E-state index >= 15 is 0 Å². The van der Waals surface area contributed by atoms with Gasteiger partial charge in [-0.15, -0.1) is 0 Å². The first kappa shape index (κ1) is 15.0. The molecule has 0 bridgehead atoms. The van der Waals surface area contributed by atoms with E-state index in [0.29, 0.717) is 0 Å². The molecule has 112 valence electrons. The molecule has 2 rings (SSSR count). The maximum Gasteiger partial charge on any atom is 0.323 e. The summed E-state index contributed by atoms with van der Waals surface area (Å²) in [6.07, 6.45) is 3.47. The van der Waals surface area contributed by atoms with Gasteiger partial charge in [-0.1, -0.05) is 18.9 Å². The quantitative estimate of drug-likeness (QED) is 0.661. The summed E-state index contributed by atoms with van der Waals surface area (Å²) in [5.74, 6) is -1.55. The first-order chi connectivity index (χ1) is 9.99. The van der Waals surface area contributed by atoms with Crippen molar-refractivity contribution in [2.75, 3.05) is 6.54 Å². The highest BCUT2D eigenvalue weighted by molar-refractivity contribution is 5.96. The highest BCUT2D eigenvalue weighted by Gasteiger charge is 2.29. The molecule has 0 heterocycles. The molecule has 1 aromatic carbocycles. The summed E-state index contributed by atoms with van der Waals surface area (Å²) in [5.41, 5.74) is -0.0279. The summed E-state index contributed by atoms with van der Waals surface area (Å²) in [4.78, 5) is 35.0. The minimum Gasteiger partial charge on any atom is -0.480 e. The number of nitrogens with zero attached hydrogens (tertiary/aromatic N) is 2. The highest BCUT2D eigenvalue weighted by atomic mass is 16.6. The van der Waals surface area contributed by atoms with Crippen molar-refractivity contribution in [3.05, 3.63) is 39.9 Å². The van der Waals surface area contributed by atoms with Gasteiger partial charge in [-0.05, 0) is 18.9 Å². The number of hydrogen-bond acceptors (Lipinski definition) is 4. The lowest BCUT2D eigenvalue weighted by Gasteiger charge is -2.27. The van der Waals surface area contributed by atoms with Gasteiger partial charge < -0.3 is 10.0 Å². The molecule has 0 aliphatic heterocycles. The summed E-state index contributed by atoms with van der Waals surface area (Å²) in [5, 5.41) is 19.7. The summed E-state index contributed by atoms with van der Waals surface area (Å²) in [6.45, 7) is -0.383. The van der Waals surface area contributed by atoms with Crippen molar-refractivity contribution >= 4 is 17.6 Å². The van der Waals surface area contributed by atoms with E-state index in [2.05, 4.69) is 0 Å². The molecule has 0 saturated heterocycles. The maximum atomic E-state index is 12.5. The molecule has 1 aromatic rings. The van der Waals surface area contributed by atoms with Crippen LogP contribution in [0.1, 0.15) is 36.0 Å². The van der Waals surface area contributed by atoms with E-state index in [1.165, 1.54) is 29.2 Å². The van der Waals surface area contributed by atoms with Crippen LogP contribution in [0.15, 0.2) is 24.3 Å². The van der Waals surface area contributed by atoms with E-state index in [4.69, 9.17) is 5.11 Å². The average Bonchev–Trinajstić information content (AvgIpc) is 2.98. The topological polar surface area (TPSA) is 101 Å². The minimum absolute atomic E-state index is 0.104. The van der Waals surface area contributed by atoms with Gasteiger partial charge >= 0.3 is 5.97 Å². The predicted molar refractivity (Wildman–Crippen MR) is 74.0 cm³/mol. The molecule has 21 heavy (non-hydrogen) atoms. The van der Waals surface area contributed by atoms with Crippen LogP contribution < -0.4 is 0 Å². The Hall–Kier alpha value is -2.44. The molecule has 0 unspecified atom stereocenters. The summed E-state index contributed by atoms with van der Waals surface area (Å²) in [7, 11) is 0. The smallest absolute Gasteiger partial charge is 0.323 e. The monoisotopic (exact) mass is 292 g/mol. The Morgan fingerprint density at radius 1 is 1.33 bits per heavy atom. The Balaban J connectivity index is 2.26. The Bertz CT molecular complexity index is 566. The Labute approximate surface area is 121 Å². The number of non-ortho nitro benzene ring substituents is 1. The number of carboxylic acid groups (broad SMARTS) is 1. The van der Waals surface area contributed by atoms with Crippen molar-refractivity contribution in [3.63, 3.8) is 0 Å². The van der Waals surface area contributed by atoms with Crippen LogP contribution in [-0.2, 0) is 4.79 Å². The number of hydrogen-bond donors (Lipinski definition) is 1. The number of benzene rings is 1. The minimum atomic E-state index is -1.08. The molecule has 1 fully saturated rings. The third kappa shape index (κ3) is 3.56. The van der Waals surface area contributed by atoms with Crippen molar-refractivity contribution in [1.82, 2.24) is 4.90 Å². The second-order valence-corrected chi connectivity index (χ2v) is 5.07. The molecular weight excluding hydrogens is 276 g/mol. The van der Waals surface area contributed by atoms with Crippen molar-refractivity contribution in [3.8, 4) is 0 Å². The van der Waals surface area contributed by atoms with Crippen LogP contribution in [0.2, 0.25) is 0 Å². The fourth-order valence-corrected chi connectivity index (χ4v) is 2.65. The third-order valence-electron chi connectivity index (χ3n) is 3.64. The van der Waals surface area contributed by atoms with Gasteiger partial charge in [0.15, 0.2) is 0 Å². The molecule has 1 aliphatic carbocycles. The van der Waals surface area contributed by atoms with Crippen LogP contribution in [0.5, 0.6) is 0 Å². The summed E-state index contributed by atoms with van der Waals surface area (Å²) < 4.78 is 0. The summed E-state index contributed by atoms with van der Waals surface area (Å²) in [6, 6.07) is 5.28. The van der Waals surface area contributed by atoms with Gasteiger partial charge in [0.1, 0.15) is 6.54 Å². The highest BCUT2D eigenvalue weighted by Crippen LogP contribution is 2.25. The number of nitro benzene ring substituents is 1. The van der Waals surface area contributed by atoms with Gasteiger partial charge in [-0.25, -0.2) is 0 Å². The van der Waals surface area contributed by atoms with E-state index < -0.39 is 16.8 Å². The molecule has 7 heteroatoms. The zero-order valence-electron chi connectivity index (χ0n) is 11.4. The van der Waals surface area contributed by atoms with Gasteiger partial charge in [-0.2, -0.15) is 0 Å². The second-order valence-electron chi connectivity index (χ2n) is 5.07. The van der Waals surface area contributed by atoms with E-state index in [9.17, 15) is 19.7 Å². The Morgan fingerprint density at radius 3 is 2.57 bits per heavy atom. The Kier molecular flexibility index (Phi) is 4.52. The zero-order valence-corrected chi connectivity index (χ0v) is 11.4. The van der Waals surface area contributed by atoms with Crippen LogP contribution in [0.4, 0.5) is 5.69 Å². The van der Waals surface area contributed by atoms with Crippen LogP contribution in [0.25, 0.3) is 0 Å². The van der Waals surface area contributed by atoms with Gasteiger partial charge in [0.2, 0.25) is 0 Å². The normalized spacial score (nSPS) is 14.9. The van der Waals surface area contributed by atoms with Gasteiger partial charge in [0, 0.05) is 23.7 Å². The predicted octanol–water partition coefficient (Wildman–Crippen LogP) is 2.06. The first-order valence-electron chi connectivity index (χ1n) is 6.76. The van der Waals surface area contributed by atoms with E-state index in [1.807, 2.05) is 0 Å². The maximum absolute atomic E-state index is 12.5. The van der Waals surface area contributed by atoms with Gasteiger partial charge in [0.05, 0.1) is 4.92 Å². The van der Waals surface area contributed by atoms with E-state index in [0.717, 1.165) is 25.7 Å². The molecule has 1 amide bonds. The van der Waals surface area contributed by atoms with Gasteiger partial charge in [-0.3, -0.25) is 19.7 Å². The average molecular weight is 292 g/mol. The largest absolute Gasteiger partial charge is 0.480 e. The van der Waals surface area contributed by atoms with Crippen LogP contribution in [0.3, 0.4) is 0 Å². The number of carboxylic acids is 1. The molecule has 0 spiro atoms. The molecule has 7 nitrogen and oxygen atoms in total. The number of nitro groups is 1. The molecule has 0 atom stereocenters. The third-order valence-corrected chi connectivity index (χ3v) is 3.64. The fourth-order valence-electron chi connectivity index (χ4n) is 2.65. The standard InChI is InChI=1S/C14H16N2O5/c17-13(18)9-15(11-5-1-2-6-11)14(19)10-4-3-7-12(8-10)16(20)21/h3-4,7-8,11H,1-2,5-6,9H2,(H,17,18). The molecule has 1 N–H and O–H groups in total. The number of carbonyl (C=O) groups is 2. The SMILES string of the molecule is O=C(O)CN(C(=O)c1cccc([N+](=O)[O-])c1)C1CCCC1. The van der Waals surface area contributed by atoms with Crippen molar-refractivity contribution in [1.29, 1.82) is 0 Å². The number of rotatable bonds is 5. The van der Waals surface area contributed by atoms with Gasteiger partial charge in [0.25, 0.3) is 11.6 Å². The van der Waals surface area contributed by atoms with E-state index in [1.54, 1.807) is 0 Å². The molecule has 0 aromatic heterocycles. The molecule has 1 aliphatic rings. The number of amides is 1. The van der Waals surface area contributed by atoms with Crippen LogP contribution in [0, 0.1) is 10.1 Å². The molecular formula is C14H16N2O5. The molecule has 1 saturated carbocycles. The van der Waals surface area contributed by atoms with Crippen molar-refractivity contribution in [2.24, 2.45) is 0 Å². The van der Waals surface area contributed by atoms with Crippen molar-refractivity contribution < 1.29 is 19.6 Å². The number of aliphatic carboxylic acids is 1. The van der Waals surface area contributed by atoms with E-state index in [-0.39, 0.29) is 23.8 Å².